The summed E-state index contributed by atoms with van der Waals surface area (Å²) in [6.07, 6.45) is -16.2. The lowest BCUT2D eigenvalue weighted by Gasteiger charge is -2.40. The number of amides is 2. The van der Waals surface area contributed by atoms with Crippen LogP contribution in [0.3, 0.4) is 0 Å². The molecule has 1 unspecified atom stereocenters. The fourth-order valence-electron chi connectivity index (χ4n) is 6.43. The number of methoxy groups -OCH3 is 2. The minimum Gasteiger partial charge on any atom is -0.497 e. The third-order valence-corrected chi connectivity index (χ3v) is 9.02. The summed E-state index contributed by atoms with van der Waals surface area (Å²) >= 11 is 0. The summed E-state index contributed by atoms with van der Waals surface area (Å²) in [6.45, 7) is 2.47. The van der Waals surface area contributed by atoms with Crippen LogP contribution in [0.5, 0.6) is 11.5 Å². The number of carbonyl (C=O) groups excluding carboxylic acids is 1. The molecule has 0 radical (unpaired) electrons. The van der Waals surface area contributed by atoms with E-state index in [9.17, 15) is 44.3 Å². The Bertz CT molecular complexity index is 1920. The smallest absolute Gasteiger partial charge is 0.416 e. The second-order valence-corrected chi connectivity index (χ2v) is 12.7. The molecule has 4 aromatic carbocycles. The first-order chi connectivity index (χ1) is 24.2. The number of nitrogens with zero attached hydrogens (tertiary/aromatic N) is 1. The van der Waals surface area contributed by atoms with Gasteiger partial charge in [-0.3, -0.25) is 0 Å². The molecule has 5 rings (SSSR count). The molecule has 5 nitrogen and oxygen atoms in total. The van der Waals surface area contributed by atoms with Crippen LogP contribution < -0.4 is 14.8 Å². The lowest BCUT2D eigenvalue weighted by atomic mass is 9.77. The standard InChI is InChI=1S/C37H32F10N2O3/c1-20(2)28-15-29(32(52-4)16-31(28)38)27-10-7-23(35(39,40)41)14-30(27)34(17-22-11-24(36(42,43)44)13-25(12-22)37(45,46)47)19-48-33(50)49(34)18-21-5-8-26(51-3)9-6-21/h5-16,20H,17-19H2,1-4H3,(H,48,50). The molecule has 1 heterocycles. The van der Waals surface area contributed by atoms with Crippen molar-refractivity contribution >= 4 is 6.03 Å². The topological polar surface area (TPSA) is 50.8 Å². The summed E-state index contributed by atoms with van der Waals surface area (Å²) in [7, 11) is 2.60. The number of rotatable bonds is 9. The van der Waals surface area contributed by atoms with E-state index in [0.29, 0.717) is 29.5 Å². The Balaban J connectivity index is 1.87. The second kappa shape index (κ2) is 13.9. The van der Waals surface area contributed by atoms with E-state index in [-0.39, 0.29) is 40.6 Å². The molecule has 1 aliphatic heterocycles. The first-order valence-corrected chi connectivity index (χ1v) is 15.7. The number of alkyl halides is 9. The zero-order valence-electron chi connectivity index (χ0n) is 28.1. The number of urea groups is 1. The van der Waals surface area contributed by atoms with Crippen molar-refractivity contribution in [2.75, 3.05) is 20.8 Å². The first-order valence-electron chi connectivity index (χ1n) is 15.7. The van der Waals surface area contributed by atoms with Gasteiger partial charge in [0.15, 0.2) is 0 Å². The summed E-state index contributed by atoms with van der Waals surface area (Å²) in [5, 5.41) is 2.56. The highest BCUT2D eigenvalue weighted by Crippen LogP contribution is 2.48. The van der Waals surface area contributed by atoms with E-state index >= 15 is 4.39 Å². The average Bonchev–Trinajstić information content (AvgIpc) is 3.37. The number of halogens is 10. The van der Waals surface area contributed by atoms with E-state index in [1.807, 2.05) is 0 Å². The molecule has 15 heteroatoms. The summed E-state index contributed by atoms with van der Waals surface area (Å²) in [5.74, 6) is -0.797. The van der Waals surface area contributed by atoms with E-state index in [1.54, 1.807) is 38.1 Å². The van der Waals surface area contributed by atoms with Crippen LogP contribution in [0.15, 0.2) is 72.8 Å². The SMILES string of the molecule is COc1ccc(CN2C(=O)NCC2(Cc2cc(C(F)(F)F)cc(C(F)(F)F)c2)c2cc(C(F)(F)F)ccc2-c2cc(C(C)C)c(F)cc2OC)cc1. The van der Waals surface area contributed by atoms with Crippen LogP contribution in [0.4, 0.5) is 48.7 Å². The van der Waals surface area contributed by atoms with E-state index in [1.165, 1.54) is 20.3 Å². The molecular weight excluding hydrogens is 710 g/mol. The highest BCUT2D eigenvalue weighted by Gasteiger charge is 2.50. The fraction of sp³-hybridized carbons (Fsp3) is 0.324. The molecule has 0 saturated carbocycles. The average molecular weight is 743 g/mol. The lowest BCUT2D eigenvalue weighted by Crippen LogP contribution is -2.46. The Morgan fingerprint density at radius 1 is 0.731 bits per heavy atom. The third kappa shape index (κ3) is 7.63. The fourth-order valence-corrected chi connectivity index (χ4v) is 6.43. The minimum absolute atomic E-state index is 0.0222. The van der Waals surface area contributed by atoms with Gasteiger partial charge in [0.05, 0.1) is 36.4 Å². The maximum Gasteiger partial charge on any atom is 0.416 e. The largest absolute Gasteiger partial charge is 0.497 e. The molecule has 4 aromatic rings. The van der Waals surface area contributed by atoms with Gasteiger partial charge in [-0.1, -0.05) is 32.0 Å². The van der Waals surface area contributed by atoms with Crippen LogP contribution in [0.25, 0.3) is 11.1 Å². The van der Waals surface area contributed by atoms with Crippen LogP contribution in [0, 0.1) is 5.82 Å². The molecule has 1 aliphatic rings. The van der Waals surface area contributed by atoms with Crippen molar-refractivity contribution in [1.29, 1.82) is 0 Å². The summed E-state index contributed by atoms with van der Waals surface area (Å²) in [5.41, 5.74) is -6.76. The first kappa shape index (κ1) is 38.3. The van der Waals surface area contributed by atoms with Gasteiger partial charge in [0, 0.05) is 31.1 Å². The number of hydrogen-bond acceptors (Lipinski definition) is 3. The molecule has 1 fully saturated rings. The van der Waals surface area contributed by atoms with Crippen LogP contribution in [0.1, 0.15) is 58.7 Å². The molecule has 0 spiro atoms. The summed E-state index contributed by atoms with van der Waals surface area (Å²) < 4.78 is 153. The van der Waals surface area contributed by atoms with Gasteiger partial charge in [-0.2, -0.15) is 39.5 Å². The van der Waals surface area contributed by atoms with Crippen LogP contribution in [-0.4, -0.2) is 31.7 Å². The van der Waals surface area contributed by atoms with Gasteiger partial charge < -0.3 is 19.7 Å². The second-order valence-electron chi connectivity index (χ2n) is 12.7. The van der Waals surface area contributed by atoms with Gasteiger partial charge >= 0.3 is 24.6 Å². The molecule has 1 saturated heterocycles. The number of nitrogens with one attached hydrogen (secondary N) is 1. The third-order valence-electron chi connectivity index (χ3n) is 9.02. The number of carbonyl (C=O) groups is 1. The number of hydrogen-bond donors (Lipinski definition) is 1. The van der Waals surface area contributed by atoms with Crippen LogP contribution in [0.2, 0.25) is 0 Å². The Kier molecular flexibility index (Phi) is 10.2. The normalized spacial score (nSPS) is 16.8. The van der Waals surface area contributed by atoms with E-state index < -0.39 is 77.1 Å². The van der Waals surface area contributed by atoms with Crippen LogP contribution >= 0.6 is 0 Å². The van der Waals surface area contributed by atoms with Crippen LogP contribution in [-0.2, 0) is 37.0 Å². The molecule has 52 heavy (non-hydrogen) atoms. The van der Waals surface area contributed by atoms with Crippen molar-refractivity contribution in [1.82, 2.24) is 10.2 Å². The Labute approximate surface area is 292 Å². The summed E-state index contributed by atoms with van der Waals surface area (Å²) in [4.78, 5) is 14.8. The van der Waals surface area contributed by atoms with Gasteiger partial charge in [0.25, 0.3) is 0 Å². The monoisotopic (exact) mass is 742 g/mol. The highest BCUT2D eigenvalue weighted by molar-refractivity contribution is 5.82. The van der Waals surface area contributed by atoms with Crippen molar-refractivity contribution in [2.45, 2.75) is 56.8 Å². The van der Waals surface area contributed by atoms with E-state index in [4.69, 9.17) is 9.47 Å². The maximum atomic E-state index is 15.2. The maximum absolute atomic E-state index is 15.2. The predicted molar refractivity (Wildman–Crippen MR) is 171 cm³/mol. The molecule has 278 valence electrons. The van der Waals surface area contributed by atoms with Crippen molar-refractivity contribution in [2.24, 2.45) is 0 Å². The molecule has 1 atom stereocenters. The molecule has 0 aromatic heterocycles. The van der Waals surface area contributed by atoms with Gasteiger partial charge in [-0.05, 0) is 82.3 Å². The zero-order chi connectivity index (χ0) is 38.4. The van der Waals surface area contributed by atoms with Gasteiger partial charge in [0.1, 0.15) is 17.3 Å². The van der Waals surface area contributed by atoms with Crippen molar-refractivity contribution in [3.8, 4) is 22.6 Å². The Morgan fingerprint density at radius 2 is 1.33 bits per heavy atom. The molecule has 0 bridgehead atoms. The number of ether oxygens (including phenoxy) is 2. The molecule has 1 N–H and O–H groups in total. The Morgan fingerprint density at radius 3 is 1.85 bits per heavy atom. The van der Waals surface area contributed by atoms with Gasteiger partial charge in [-0.25, -0.2) is 9.18 Å². The van der Waals surface area contributed by atoms with Crippen molar-refractivity contribution < 1.29 is 58.2 Å². The number of benzene rings is 4. The lowest BCUT2D eigenvalue weighted by molar-refractivity contribution is -0.143. The zero-order valence-corrected chi connectivity index (χ0v) is 28.1. The molecule has 0 aliphatic carbocycles. The summed E-state index contributed by atoms with van der Waals surface area (Å²) in [6, 6.07) is 11.2. The van der Waals surface area contributed by atoms with Gasteiger partial charge in [-0.15, -0.1) is 0 Å². The minimum atomic E-state index is -5.23. The quantitative estimate of drug-likeness (QED) is 0.174. The van der Waals surface area contributed by atoms with Crippen molar-refractivity contribution in [3.63, 3.8) is 0 Å². The molecular formula is C37H32F10N2O3. The molecule has 2 amide bonds. The van der Waals surface area contributed by atoms with E-state index in [0.717, 1.165) is 23.1 Å². The Hall–Kier alpha value is -4.95. The predicted octanol–water partition coefficient (Wildman–Crippen LogP) is 10.4. The van der Waals surface area contributed by atoms with E-state index in [2.05, 4.69) is 5.32 Å². The van der Waals surface area contributed by atoms with Crippen molar-refractivity contribution in [3.05, 3.63) is 118 Å². The van der Waals surface area contributed by atoms with Gasteiger partial charge in [0.2, 0.25) is 0 Å². The highest BCUT2D eigenvalue weighted by atomic mass is 19.4.